The Labute approximate surface area is 161 Å². The van der Waals surface area contributed by atoms with Crippen LogP contribution in [-0.2, 0) is 9.59 Å². The minimum Gasteiger partial charge on any atom is -0.481 e. The van der Waals surface area contributed by atoms with Gasteiger partial charge in [0.2, 0.25) is 5.91 Å². The van der Waals surface area contributed by atoms with Crippen LogP contribution in [0.3, 0.4) is 0 Å². The molecular formula is C19H21ClN2O3S. The number of carboxylic acids is 1. The van der Waals surface area contributed by atoms with E-state index in [1.165, 1.54) is 11.3 Å². The van der Waals surface area contributed by atoms with Gasteiger partial charge in [-0.15, -0.1) is 11.3 Å². The lowest BCUT2D eigenvalue weighted by molar-refractivity contribution is -0.157. The second-order valence-electron chi connectivity index (χ2n) is 6.88. The first-order valence-corrected chi connectivity index (χ1v) is 9.76. The summed E-state index contributed by atoms with van der Waals surface area (Å²) in [6, 6.07) is 7.26. The Kier molecular flexibility index (Phi) is 5.34. The zero-order valence-corrected chi connectivity index (χ0v) is 16.3. The zero-order chi connectivity index (χ0) is 18.9. The fourth-order valence-corrected chi connectivity index (χ4v) is 4.46. The van der Waals surface area contributed by atoms with Gasteiger partial charge in [-0.2, -0.15) is 0 Å². The molecule has 1 fully saturated rings. The van der Waals surface area contributed by atoms with E-state index in [4.69, 9.17) is 11.6 Å². The highest BCUT2D eigenvalue weighted by atomic mass is 35.5. The quantitative estimate of drug-likeness (QED) is 0.753. The molecule has 1 aromatic carbocycles. The summed E-state index contributed by atoms with van der Waals surface area (Å²) in [6.07, 6.45) is 2.05. The number of thiazole rings is 1. The second-order valence-corrected chi connectivity index (χ2v) is 8.35. The largest absolute Gasteiger partial charge is 0.481 e. The average Bonchev–Trinajstić information content (AvgIpc) is 2.93. The molecule has 3 rings (SSSR count). The molecule has 1 aromatic heterocycles. The number of hydrogen-bond donors (Lipinski definition) is 2. The fourth-order valence-electron chi connectivity index (χ4n) is 3.26. The van der Waals surface area contributed by atoms with Crippen molar-refractivity contribution in [3.05, 3.63) is 39.9 Å². The Balaban J connectivity index is 1.70. The van der Waals surface area contributed by atoms with E-state index in [1.54, 1.807) is 0 Å². The maximum absolute atomic E-state index is 12.4. The van der Waals surface area contributed by atoms with Gasteiger partial charge in [0.15, 0.2) is 0 Å². The van der Waals surface area contributed by atoms with Crippen LogP contribution in [-0.4, -0.2) is 22.0 Å². The van der Waals surface area contributed by atoms with Crippen molar-refractivity contribution in [1.82, 2.24) is 10.3 Å². The van der Waals surface area contributed by atoms with Crippen LogP contribution in [0, 0.1) is 12.3 Å². The molecule has 1 aliphatic rings. The van der Waals surface area contributed by atoms with Gasteiger partial charge in [-0.25, -0.2) is 4.98 Å². The molecule has 1 saturated carbocycles. The molecule has 0 spiro atoms. The van der Waals surface area contributed by atoms with Crippen LogP contribution in [0.25, 0.3) is 10.6 Å². The Morgan fingerprint density at radius 1 is 1.35 bits per heavy atom. The third-order valence-electron chi connectivity index (χ3n) is 4.96. The number of nitrogens with zero attached hydrogens (tertiary/aromatic N) is 1. The average molecular weight is 393 g/mol. The Morgan fingerprint density at radius 2 is 2.00 bits per heavy atom. The molecule has 1 amide bonds. The van der Waals surface area contributed by atoms with Gasteiger partial charge in [0.25, 0.3) is 0 Å². The van der Waals surface area contributed by atoms with Crippen molar-refractivity contribution in [3.8, 4) is 10.6 Å². The van der Waals surface area contributed by atoms with E-state index in [-0.39, 0.29) is 18.4 Å². The maximum Gasteiger partial charge on any atom is 0.310 e. The Bertz CT molecular complexity index is 828. The molecule has 2 N–H and O–H groups in total. The normalized spacial score (nSPS) is 16.6. The van der Waals surface area contributed by atoms with Crippen molar-refractivity contribution in [1.29, 1.82) is 0 Å². The van der Waals surface area contributed by atoms with E-state index in [9.17, 15) is 14.7 Å². The first kappa shape index (κ1) is 18.9. The number of carboxylic acid groups (broad SMARTS) is 1. The van der Waals surface area contributed by atoms with Gasteiger partial charge in [-0.1, -0.05) is 30.2 Å². The molecule has 1 aliphatic carbocycles. The standard InChI is InChI=1S/C19H21ClN2O3S/c1-11(21-15(23)10-19(18(24)25)8-3-9-19)16-12(2)22-17(26-16)13-4-6-14(20)7-5-13/h4-7,11H,3,8-10H2,1-2H3,(H,21,23)(H,24,25). The van der Waals surface area contributed by atoms with Gasteiger partial charge in [0.1, 0.15) is 5.01 Å². The lowest BCUT2D eigenvalue weighted by Gasteiger charge is -2.37. The lowest BCUT2D eigenvalue weighted by atomic mass is 9.66. The zero-order valence-electron chi connectivity index (χ0n) is 14.7. The minimum absolute atomic E-state index is 0.0363. The second kappa shape index (κ2) is 7.37. The van der Waals surface area contributed by atoms with Crippen molar-refractivity contribution in [3.63, 3.8) is 0 Å². The van der Waals surface area contributed by atoms with Crippen LogP contribution in [0.2, 0.25) is 5.02 Å². The smallest absolute Gasteiger partial charge is 0.310 e. The lowest BCUT2D eigenvalue weighted by Crippen LogP contribution is -2.42. The number of amides is 1. The van der Waals surface area contributed by atoms with E-state index >= 15 is 0 Å². The summed E-state index contributed by atoms with van der Waals surface area (Å²) in [5.74, 6) is -1.09. The number of carbonyl (C=O) groups excluding carboxylic acids is 1. The SMILES string of the molecule is Cc1nc(-c2ccc(Cl)cc2)sc1C(C)NC(=O)CC1(C(=O)O)CCC1. The first-order valence-electron chi connectivity index (χ1n) is 8.57. The van der Waals surface area contributed by atoms with Crippen molar-refractivity contribution in [2.24, 2.45) is 5.41 Å². The number of rotatable bonds is 6. The van der Waals surface area contributed by atoms with Gasteiger partial charge in [0, 0.05) is 17.0 Å². The van der Waals surface area contributed by atoms with Crippen molar-refractivity contribution >= 4 is 34.8 Å². The number of aryl methyl sites for hydroxylation is 1. The molecule has 5 nitrogen and oxygen atoms in total. The maximum atomic E-state index is 12.4. The highest BCUT2D eigenvalue weighted by Gasteiger charge is 2.46. The van der Waals surface area contributed by atoms with E-state index in [2.05, 4.69) is 10.3 Å². The minimum atomic E-state index is -0.874. The molecule has 138 valence electrons. The molecule has 0 radical (unpaired) electrons. The van der Waals surface area contributed by atoms with Crippen LogP contribution in [0.15, 0.2) is 24.3 Å². The van der Waals surface area contributed by atoms with Gasteiger partial charge in [0.05, 0.1) is 22.0 Å². The molecule has 26 heavy (non-hydrogen) atoms. The topological polar surface area (TPSA) is 79.3 Å². The first-order chi connectivity index (χ1) is 12.3. The van der Waals surface area contributed by atoms with E-state index in [0.29, 0.717) is 17.9 Å². The van der Waals surface area contributed by atoms with Gasteiger partial charge in [-0.05, 0) is 38.8 Å². The number of nitrogens with one attached hydrogen (secondary N) is 1. The number of benzene rings is 1. The van der Waals surface area contributed by atoms with Crippen LogP contribution in [0.4, 0.5) is 0 Å². The van der Waals surface area contributed by atoms with E-state index in [1.807, 2.05) is 38.1 Å². The number of aromatic nitrogens is 1. The molecule has 0 aliphatic heterocycles. The van der Waals surface area contributed by atoms with Crippen molar-refractivity contribution in [2.75, 3.05) is 0 Å². The summed E-state index contributed by atoms with van der Waals surface area (Å²) in [5, 5.41) is 13.9. The molecule has 7 heteroatoms. The summed E-state index contributed by atoms with van der Waals surface area (Å²) < 4.78 is 0. The third-order valence-corrected chi connectivity index (χ3v) is 6.60. The number of halogens is 1. The molecule has 1 unspecified atom stereocenters. The highest BCUT2D eigenvalue weighted by Crippen LogP contribution is 2.44. The molecule has 0 saturated heterocycles. The van der Waals surface area contributed by atoms with Crippen LogP contribution >= 0.6 is 22.9 Å². The molecular weight excluding hydrogens is 372 g/mol. The Morgan fingerprint density at radius 3 is 2.54 bits per heavy atom. The third kappa shape index (κ3) is 3.76. The summed E-state index contributed by atoms with van der Waals surface area (Å²) in [6.45, 7) is 3.82. The number of carbonyl (C=O) groups is 2. The highest BCUT2D eigenvalue weighted by molar-refractivity contribution is 7.15. The summed E-state index contributed by atoms with van der Waals surface area (Å²) in [7, 11) is 0. The number of aliphatic carboxylic acids is 1. The van der Waals surface area contributed by atoms with Crippen LogP contribution in [0.1, 0.15) is 49.2 Å². The summed E-state index contributed by atoms with van der Waals surface area (Å²) >= 11 is 7.46. The van der Waals surface area contributed by atoms with Gasteiger partial charge in [-0.3, -0.25) is 9.59 Å². The molecule has 1 heterocycles. The molecule has 2 aromatic rings. The molecule has 1 atom stereocenters. The van der Waals surface area contributed by atoms with E-state index < -0.39 is 11.4 Å². The summed E-state index contributed by atoms with van der Waals surface area (Å²) in [4.78, 5) is 29.4. The van der Waals surface area contributed by atoms with Crippen molar-refractivity contribution in [2.45, 2.75) is 45.6 Å². The monoisotopic (exact) mass is 392 g/mol. The van der Waals surface area contributed by atoms with Gasteiger partial charge < -0.3 is 10.4 Å². The van der Waals surface area contributed by atoms with Gasteiger partial charge >= 0.3 is 5.97 Å². The predicted molar refractivity (Wildman–Crippen MR) is 102 cm³/mol. The van der Waals surface area contributed by atoms with E-state index in [0.717, 1.165) is 27.6 Å². The summed E-state index contributed by atoms with van der Waals surface area (Å²) in [5.41, 5.74) is 0.969. The van der Waals surface area contributed by atoms with Crippen molar-refractivity contribution < 1.29 is 14.7 Å². The predicted octanol–water partition coefficient (Wildman–Crippen LogP) is 4.59. The Hall–Kier alpha value is -1.92. The van der Waals surface area contributed by atoms with Crippen LogP contribution < -0.4 is 5.32 Å². The van der Waals surface area contributed by atoms with Crippen LogP contribution in [0.5, 0.6) is 0 Å². The number of hydrogen-bond acceptors (Lipinski definition) is 4. The molecule has 0 bridgehead atoms. The fraction of sp³-hybridized carbons (Fsp3) is 0.421.